The van der Waals surface area contributed by atoms with E-state index < -0.39 is 17.0 Å². The van der Waals surface area contributed by atoms with E-state index in [1.165, 1.54) is 12.1 Å². The van der Waals surface area contributed by atoms with Crippen molar-refractivity contribution in [1.82, 2.24) is 5.32 Å². The van der Waals surface area contributed by atoms with Crippen LogP contribution >= 0.6 is 11.8 Å². The van der Waals surface area contributed by atoms with Crippen LogP contribution in [0.5, 0.6) is 0 Å². The highest BCUT2D eigenvalue weighted by molar-refractivity contribution is 8.15. The molecule has 3 unspecified atom stereocenters. The Labute approximate surface area is 181 Å². The van der Waals surface area contributed by atoms with Crippen molar-refractivity contribution in [2.45, 2.75) is 31.4 Å². The second-order valence-electron chi connectivity index (χ2n) is 7.90. The monoisotopic (exact) mass is 447 g/mol. The van der Waals surface area contributed by atoms with Crippen LogP contribution < -0.4 is 5.32 Å². The van der Waals surface area contributed by atoms with Crippen molar-refractivity contribution in [1.29, 1.82) is 0 Å². The SMILES string of the molecule is CC12C=CC(OCc3ccccc3C(F)(F)F)=CC1C=CC(CC1SC(=O)NC1=O)=C2. The van der Waals surface area contributed by atoms with Crippen LogP contribution in [0.25, 0.3) is 0 Å². The van der Waals surface area contributed by atoms with Crippen molar-refractivity contribution in [3.8, 4) is 0 Å². The number of ether oxygens (including phenoxy) is 1. The number of rotatable bonds is 5. The predicted octanol–water partition coefficient (Wildman–Crippen LogP) is 5.54. The standard InChI is InChI=1S/C23H20F3NO3S/c1-22-9-8-17(30-13-15-4-2-3-5-18(15)23(24,25)26)11-16(22)7-6-14(12-22)10-19-20(28)27-21(29)31-19/h2-9,11-12,16,19H,10,13H2,1H3,(H,27,28,29). The lowest BCUT2D eigenvalue weighted by Gasteiger charge is -2.35. The molecule has 3 atom stereocenters. The topological polar surface area (TPSA) is 55.4 Å². The average molecular weight is 447 g/mol. The maximum absolute atomic E-state index is 13.2. The third kappa shape index (κ3) is 4.63. The zero-order valence-corrected chi connectivity index (χ0v) is 17.4. The molecule has 3 aliphatic rings. The normalized spacial score (nSPS) is 27.5. The lowest BCUT2D eigenvalue weighted by Crippen LogP contribution is -2.27. The quantitative estimate of drug-likeness (QED) is 0.644. The van der Waals surface area contributed by atoms with Gasteiger partial charge in [0.15, 0.2) is 0 Å². The number of amides is 2. The van der Waals surface area contributed by atoms with E-state index >= 15 is 0 Å². The third-order valence-corrected chi connectivity index (χ3v) is 6.57. The van der Waals surface area contributed by atoms with Crippen LogP contribution in [0.2, 0.25) is 0 Å². The largest absolute Gasteiger partial charge is 0.489 e. The number of nitrogens with one attached hydrogen (secondary N) is 1. The van der Waals surface area contributed by atoms with Crippen LogP contribution in [0.4, 0.5) is 18.0 Å². The van der Waals surface area contributed by atoms with Gasteiger partial charge in [0.2, 0.25) is 5.91 Å². The molecule has 162 valence electrons. The van der Waals surface area contributed by atoms with Gasteiger partial charge in [0, 0.05) is 16.9 Å². The third-order valence-electron chi connectivity index (χ3n) is 5.59. The number of thioether (sulfide) groups is 1. The fourth-order valence-corrected chi connectivity index (χ4v) is 4.78. The van der Waals surface area contributed by atoms with Gasteiger partial charge >= 0.3 is 6.18 Å². The molecule has 2 aliphatic carbocycles. The number of hydrogen-bond acceptors (Lipinski definition) is 4. The summed E-state index contributed by atoms with van der Waals surface area (Å²) in [5.74, 6) is 0.212. The van der Waals surface area contributed by atoms with Gasteiger partial charge in [-0.3, -0.25) is 14.9 Å². The van der Waals surface area contributed by atoms with Gasteiger partial charge < -0.3 is 4.74 Å². The van der Waals surface area contributed by atoms with E-state index in [-0.39, 0.29) is 34.6 Å². The first-order valence-corrected chi connectivity index (χ1v) is 10.6. The van der Waals surface area contributed by atoms with E-state index in [9.17, 15) is 22.8 Å². The van der Waals surface area contributed by atoms with E-state index in [2.05, 4.69) is 11.4 Å². The Morgan fingerprint density at radius 1 is 1.19 bits per heavy atom. The molecule has 0 radical (unpaired) electrons. The van der Waals surface area contributed by atoms with E-state index in [1.54, 1.807) is 12.1 Å². The lowest BCUT2D eigenvalue weighted by molar-refractivity contribution is -0.138. The second-order valence-corrected chi connectivity index (χ2v) is 9.08. The number of allylic oxidation sites excluding steroid dienone is 7. The minimum absolute atomic E-state index is 0.0270. The van der Waals surface area contributed by atoms with Gasteiger partial charge in [-0.15, -0.1) is 0 Å². The van der Waals surface area contributed by atoms with Gasteiger partial charge in [0.25, 0.3) is 5.24 Å². The molecule has 0 saturated carbocycles. The molecular formula is C23H20F3NO3S. The van der Waals surface area contributed by atoms with Crippen LogP contribution in [0.3, 0.4) is 0 Å². The number of benzene rings is 1. The summed E-state index contributed by atoms with van der Waals surface area (Å²) in [7, 11) is 0. The molecule has 1 aliphatic heterocycles. The zero-order chi connectivity index (χ0) is 22.2. The molecule has 0 spiro atoms. The van der Waals surface area contributed by atoms with E-state index in [1.807, 2.05) is 31.2 Å². The molecule has 2 amide bonds. The van der Waals surface area contributed by atoms with Crippen molar-refractivity contribution < 1.29 is 27.5 Å². The van der Waals surface area contributed by atoms with Crippen LogP contribution in [0.1, 0.15) is 24.5 Å². The molecule has 31 heavy (non-hydrogen) atoms. The van der Waals surface area contributed by atoms with Gasteiger partial charge in [-0.05, 0) is 30.2 Å². The molecule has 1 N–H and O–H groups in total. The van der Waals surface area contributed by atoms with Crippen molar-refractivity contribution in [3.05, 3.63) is 83.2 Å². The van der Waals surface area contributed by atoms with Crippen LogP contribution in [0, 0.1) is 11.3 Å². The number of carbonyl (C=O) groups excluding carboxylic acids is 2. The average Bonchev–Trinajstić information content (AvgIpc) is 3.02. The highest BCUT2D eigenvalue weighted by Crippen LogP contribution is 2.43. The van der Waals surface area contributed by atoms with Crippen molar-refractivity contribution in [3.63, 3.8) is 0 Å². The Bertz CT molecular complexity index is 1040. The number of carbonyl (C=O) groups is 2. The van der Waals surface area contributed by atoms with Crippen LogP contribution in [0.15, 0.2) is 72.1 Å². The van der Waals surface area contributed by atoms with Crippen molar-refractivity contribution >= 4 is 22.9 Å². The molecule has 1 aromatic rings. The number of alkyl halides is 3. The molecule has 1 fully saturated rings. The van der Waals surface area contributed by atoms with Gasteiger partial charge in [-0.25, -0.2) is 0 Å². The summed E-state index contributed by atoms with van der Waals surface area (Å²) >= 11 is 0.999. The van der Waals surface area contributed by atoms with Crippen molar-refractivity contribution in [2.24, 2.45) is 11.3 Å². The van der Waals surface area contributed by atoms with E-state index in [4.69, 9.17) is 4.74 Å². The van der Waals surface area contributed by atoms with Gasteiger partial charge in [0.1, 0.15) is 12.4 Å². The molecule has 1 saturated heterocycles. The maximum atomic E-state index is 13.2. The number of fused-ring (bicyclic) bond motifs is 1. The highest BCUT2D eigenvalue weighted by Gasteiger charge is 2.36. The number of hydrogen-bond donors (Lipinski definition) is 1. The summed E-state index contributed by atoms with van der Waals surface area (Å²) in [6.45, 7) is 1.86. The Morgan fingerprint density at radius 3 is 2.68 bits per heavy atom. The van der Waals surface area contributed by atoms with Gasteiger partial charge in [0.05, 0.1) is 10.8 Å². The Kier molecular flexibility index (Phi) is 5.60. The maximum Gasteiger partial charge on any atom is 0.416 e. The fourth-order valence-electron chi connectivity index (χ4n) is 3.92. The first kappa shape index (κ1) is 21.5. The number of imide groups is 1. The summed E-state index contributed by atoms with van der Waals surface area (Å²) < 4.78 is 45.2. The zero-order valence-electron chi connectivity index (χ0n) is 16.6. The first-order chi connectivity index (χ1) is 14.6. The Hall–Kier alpha value is -2.74. The smallest absolute Gasteiger partial charge is 0.416 e. The molecule has 0 aromatic heterocycles. The molecular weight excluding hydrogens is 427 g/mol. The number of halogens is 3. The lowest BCUT2D eigenvalue weighted by atomic mass is 9.70. The molecule has 4 nitrogen and oxygen atoms in total. The van der Waals surface area contributed by atoms with E-state index in [0.29, 0.717) is 12.2 Å². The molecule has 1 heterocycles. The summed E-state index contributed by atoms with van der Waals surface area (Å²) in [4.78, 5) is 23.2. The second kappa shape index (κ2) is 8.07. The molecule has 0 bridgehead atoms. The summed E-state index contributed by atoms with van der Waals surface area (Å²) in [5.41, 5.74) is 0.00563. The first-order valence-electron chi connectivity index (χ1n) is 9.74. The molecule has 1 aromatic carbocycles. The summed E-state index contributed by atoms with van der Waals surface area (Å²) in [6.07, 6.45) is 7.62. The summed E-state index contributed by atoms with van der Waals surface area (Å²) in [6, 6.07) is 5.38. The van der Waals surface area contributed by atoms with Crippen LogP contribution in [-0.2, 0) is 22.3 Å². The van der Waals surface area contributed by atoms with Crippen LogP contribution in [-0.4, -0.2) is 16.4 Å². The van der Waals surface area contributed by atoms with Gasteiger partial charge in [-0.2, -0.15) is 13.2 Å². The fraction of sp³-hybridized carbons (Fsp3) is 0.304. The Balaban J connectivity index is 1.43. The van der Waals surface area contributed by atoms with Gasteiger partial charge in [-0.1, -0.05) is 61.2 Å². The molecule has 8 heteroatoms. The minimum atomic E-state index is -4.43. The molecule has 4 rings (SSSR count). The highest BCUT2D eigenvalue weighted by atomic mass is 32.2. The summed E-state index contributed by atoms with van der Waals surface area (Å²) in [5, 5.41) is 1.54. The predicted molar refractivity (Wildman–Crippen MR) is 112 cm³/mol. The van der Waals surface area contributed by atoms with Crippen molar-refractivity contribution in [2.75, 3.05) is 0 Å². The minimum Gasteiger partial charge on any atom is -0.489 e. The van der Waals surface area contributed by atoms with E-state index in [0.717, 1.165) is 23.4 Å². The Morgan fingerprint density at radius 2 is 1.97 bits per heavy atom.